The molecule has 7 nitrogen and oxygen atoms in total. The lowest BCUT2D eigenvalue weighted by molar-refractivity contribution is -0.137. The zero-order valence-corrected chi connectivity index (χ0v) is 19.1. The van der Waals surface area contributed by atoms with Crippen LogP contribution in [-0.4, -0.2) is 19.3 Å². The van der Waals surface area contributed by atoms with Crippen LogP contribution in [0.25, 0.3) is 11.3 Å². The Balaban J connectivity index is 1.50. The van der Waals surface area contributed by atoms with Gasteiger partial charge in [0.25, 0.3) is 0 Å². The number of rotatable bonds is 6. The first-order chi connectivity index (χ1) is 16.5. The lowest BCUT2D eigenvalue weighted by Crippen LogP contribution is -2.22. The third kappa shape index (κ3) is 5.46. The standard InChI is InChI=1S/C23H17ClF4N4O3/c1-31-11-14(10-29-31)19-9-21(30-22(33)32(19)2)34-12-13-3-6-20(18(25)7-13)35-15-4-5-17(24)16(8-15)23(26,27)28/h3-11H,12H2,1-2H3. The van der Waals surface area contributed by atoms with Gasteiger partial charge >= 0.3 is 11.9 Å². The van der Waals surface area contributed by atoms with Crippen molar-refractivity contribution in [3.05, 3.63) is 87.3 Å². The summed E-state index contributed by atoms with van der Waals surface area (Å²) in [6.07, 6.45) is -1.37. The number of alkyl halides is 3. The van der Waals surface area contributed by atoms with Gasteiger partial charge in [0.2, 0.25) is 5.88 Å². The molecule has 4 rings (SSSR count). The molecule has 0 spiro atoms. The van der Waals surface area contributed by atoms with Crippen molar-refractivity contribution >= 4 is 11.6 Å². The fourth-order valence-corrected chi connectivity index (χ4v) is 3.43. The van der Waals surface area contributed by atoms with Crippen LogP contribution < -0.4 is 15.2 Å². The molecule has 12 heteroatoms. The predicted octanol–water partition coefficient (Wildman–Crippen LogP) is 5.36. The Hall–Kier alpha value is -3.86. The van der Waals surface area contributed by atoms with Crippen LogP contribution in [-0.2, 0) is 26.9 Å². The van der Waals surface area contributed by atoms with Crippen molar-refractivity contribution in [1.82, 2.24) is 19.3 Å². The molecule has 0 aliphatic rings. The molecule has 0 aliphatic carbocycles. The number of aromatic nitrogens is 4. The lowest BCUT2D eigenvalue weighted by Gasteiger charge is -2.13. The van der Waals surface area contributed by atoms with Crippen molar-refractivity contribution in [2.45, 2.75) is 12.8 Å². The van der Waals surface area contributed by atoms with E-state index < -0.39 is 28.3 Å². The monoisotopic (exact) mass is 508 g/mol. The van der Waals surface area contributed by atoms with E-state index in [-0.39, 0.29) is 24.0 Å². The summed E-state index contributed by atoms with van der Waals surface area (Å²) in [6.45, 7) is -0.122. The fraction of sp³-hybridized carbons (Fsp3) is 0.174. The van der Waals surface area contributed by atoms with Gasteiger partial charge in [-0.05, 0) is 35.9 Å². The number of benzene rings is 2. The summed E-state index contributed by atoms with van der Waals surface area (Å²) < 4.78 is 67.5. The molecule has 0 amide bonds. The molecule has 0 saturated heterocycles. The molecule has 0 aliphatic heterocycles. The second-order valence-corrected chi connectivity index (χ2v) is 7.93. The fourth-order valence-electron chi connectivity index (χ4n) is 3.21. The largest absolute Gasteiger partial charge is 0.473 e. The topological polar surface area (TPSA) is 71.2 Å². The zero-order valence-electron chi connectivity index (χ0n) is 18.3. The Morgan fingerprint density at radius 2 is 1.86 bits per heavy atom. The highest BCUT2D eigenvalue weighted by atomic mass is 35.5. The lowest BCUT2D eigenvalue weighted by atomic mass is 10.2. The summed E-state index contributed by atoms with van der Waals surface area (Å²) in [5.41, 5.74) is -0.0361. The molecule has 0 atom stereocenters. The van der Waals surface area contributed by atoms with Crippen molar-refractivity contribution in [2.75, 3.05) is 0 Å². The molecular formula is C23H17ClF4N4O3. The normalized spacial score (nSPS) is 11.5. The van der Waals surface area contributed by atoms with E-state index in [1.165, 1.54) is 22.8 Å². The number of ether oxygens (including phenoxy) is 2. The highest BCUT2D eigenvalue weighted by Gasteiger charge is 2.33. The van der Waals surface area contributed by atoms with Gasteiger partial charge in [0.05, 0.1) is 22.5 Å². The van der Waals surface area contributed by atoms with Gasteiger partial charge in [0.1, 0.15) is 12.4 Å². The van der Waals surface area contributed by atoms with Crippen LogP contribution in [0.15, 0.2) is 59.7 Å². The molecule has 182 valence electrons. The molecule has 0 unspecified atom stereocenters. The summed E-state index contributed by atoms with van der Waals surface area (Å²) in [4.78, 5) is 16.1. The van der Waals surface area contributed by atoms with E-state index in [0.29, 0.717) is 22.9 Å². The van der Waals surface area contributed by atoms with E-state index >= 15 is 0 Å². The molecular weight excluding hydrogens is 492 g/mol. The van der Waals surface area contributed by atoms with Crippen LogP contribution in [0.4, 0.5) is 17.6 Å². The van der Waals surface area contributed by atoms with Crippen LogP contribution in [0.2, 0.25) is 5.02 Å². The molecule has 4 aromatic rings. The van der Waals surface area contributed by atoms with Crippen LogP contribution in [0.1, 0.15) is 11.1 Å². The number of nitrogens with zero attached hydrogens (tertiary/aromatic N) is 4. The second kappa shape index (κ2) is 9.41. The molecule has 2 aromatic carbocycles. The molecule has 0 saturated carbocycles. The Morgan fingerprint density at radius 1 is 1.09 bits per heavy atom. The van der Waals surface area contributed by atoms with Crippen LogP contribution >= 0.6 is 11.6 Å². The Labute approximate surface area is 201 Å². The maximum atomic E-state index is 14.6. The van der Waals surface area contributed by atoms with Gasteiger partial charge in [-0.3, -0.25) is 9.25 Å². The van der Waals surface area contributed by atoms with E-state index in [1.807, 2.05) is 0 Å². The van der Waals surface area contributed by atoms with E-state index in [2.05, 4.69) is 10.1 Å². The van der Waals surface area contributed by atoms with E-state index in [4.69, 9.17) is 21.1 Å². The molecule has 35 heavy (non-hydrogen) atoms. The Kier molecular flexibility index (Phi) is 6.53. The van der Waals surface area contributed by atoms with Gasteiger partial charge in [-0.15, -0.1) is 0 Å². The van der Waals surface area contributed by atoms with Crippen molar-refractivity contribution in [3.8, 4) is 28.6 Å². The Morgan fingerprint density at radius 3 is 2.51 bits per heavy atom. The number of hydrogen-bond donors (Lipinski definition) is 0. The zero-order chi connectivity index (χ0) is 25.3. The third-order valence-corrected chi connectivity index (χ3v) is 5.30. The first kappa shape index (κ1) is 24.3. The second-order valence-electron chi connectivity index (χ2n) is 7.52. The molecule has 0 N–H and O–H groups in total. The van der Waals surface area contributed by atoms with E-state index in [9.17, 15) is 22.4 Å². The van der Waals surface area contributed by atoms with E-state index in [0.717, 1.165) is 12.1 Å². The van der Waals surface area contributed by atoms with Crippen LogP contribution in [0.5, 0.6) is 17.4 Å². The number of halogens is 5. The van der Waals surface area contributed by atoms with Gasteiger partial charge < -0.3 is 9.47 Å². The molecule has 0 bridgehead atoms. The minimum absolute atomic E-state index is 0.0357. The van der Waals surface area contributed by atoms with Gasteiger partial charge in [-0.2, -0.15) is 23.3 Å². The maximum Gasteiger partial charge on any atom is 0.417 e. The molecule has 0 fully saturated rings. The number of hydrogen-bond acceptors (Lipinski definition) is 5. The third-order valence-electron chi connectivity index (χ3n) is 4.97. The minimum Gasteiger partial charge on any atom is -0.473 e. The van der Waals surface area contributed by atoms with Gasteiger partial charge in [0.15, 0.2) is 11.6 Å². The number of aryl methyl sites for hydroxylation is 1. The summed E-state index contributed by atoms with van der Waals surface area (Å²) in [6, 6.07) is 8.33. The van der Waals surface area contributed by atoms with Crippen LogP contribution in [0.3, 0.4) is 0 Å². The summed E-state index contributed by atoms with van der Waals surface area (Å²) >= 11 is 5.59. The smallest absolute Gasteiger partial charge is 0.417 e. The van der Waals surface area contributed by atoms with Crippen molar-refractivity contribution in [1.29, 1.82) is 0 Å². The average molecular weight is 509 g/mol. The Bertz CT molecular complexity index is 1450. The maximum absolute atomic E-state index is 14.6. The quantitative estimate of drug-likeness (QED) is 0.328. The van der Waals surface area contributed by atoms with E-state index in [1.54, 1.807) is 37.2 Å². The minimum atomic E-state index is -4.68. The molecule has 0 radical (unpaired) electrons. The summed E-state index contributed by atoms with van der Waals surface area (Å²) in [5, 5.41) is 3.59. The first-order valence-electron chi connectivity index (χ1n) is 10.0. The predicted molar refractivity (Wildman–Crippen MR) is 119 cm³/mol. The highest BCUT2D eigenvalue weighted by molar-refractivity contribution is 6.31. The first-order valence-corrected chi connectivity index (χ1v) is 10.4. The molecule has 2 aromatic heterocycles. The average Bonchev–Trinajstić information content (AvgIpc) is 3.22. The van der Waals surface area contributed by atoms with Crippen molar-refractivity contribution in [3.63, 3.8) is 0 Å². The van der Waals surface area contributed by atoms with Crippen molar-refractivity contribution in [2.24, 2.45) is 14.1 Å². The summed E-state index contributed by atoms with van der Waals surface area (Å²) in [5.74, 6) is -1.29. The van der Waals surface area contributed by atoms with Crippen LogP contribution in [0, 0.1) is 5.82 Å². The SMILES string of the molecule is Cn1cc(-c2cc(OCc3ccc(Oc4ccc(Cl)c(C(F)(F)F)c4)c(F)c3)nc(=O)n2C)cn1. The van der Waals surface area contributed by atoms with Crippen molar-refractivity contribution < 1.29 is 27.0 Å². The highest BCUT2D eigenvalue weighted by Crippen LogP contribution is 2.38. The van der Waals surface area contributed by atoms with Gasteiger partial charge in [0, 0.05) is 31.9 Å². The summed E-state index contributed by atoms with van der Waals surface area (Å²) in [7, 11) is 3.30. The van der Waals surface area contributed by atoms with Gasteiger partial charge in [-0.25, -0.2) is 9.18 Å². The molecule has 2 heterocycles. The van der Waals surface area contributed by atoms with Gasteiger partial charge in [-0.1, -0.05) is 17.7 Å².